The molecule has 0 saturated carbocycles. The average Bonchev–Trinajstić information content (AvgIpc) is 1.00. The number of halogens is 2. The normalized spacial score (nSPS) is 1.00. The smallest absolute Gasteiger partial charge is 0 e. The van der Waals surface area contributed by atoms with Crippen molar-refractivity contribution in [2.75, 3.05) is 7.11 Å². The van der Waals surface area contributed by atoms with Crippen molar-refractivity contribution in [3.05, 3.63) is 0 Å². The van der Waals surface area contributed by atoms with Gasteiger partial charge in [0.15, 0.2) is 0 Å². The molecule has 5 heteroatoms. The molecule has 0 aliphatic carbocycles. The third-order valence-electron chi connectivity index (χ3n) is 0. The van der Waals surface area contributed by atoms with Gasteiger partial charge in [0, 0.05) is 26.6 Å². The largest absolute Gasteiger partial charge is 0 e. The molecule has 0 saturated heterocycles. The molecule has 0 aromatic rings. The number of hydrogen-bond acceptors (Lipinski definition) is 1. The van der Waals surface area contributed by atoms with E-state index in [0.29, 0.717) is 0 Å². The van der Waals surface area contributed by atoms with Crippen LogP contribution in [0.25, 0.3) is 0 Å². The first-order chi connectivity index (χ1) is 1.00. The van der Waals surface area contributed by atoms with E-state index in [2.05, 4.69) is 0 Å². The van der Waals surface area contributed by atoms with Crippen LogP contribution < -0.4 is 0 Å². The Morgan fingerprint density at radius 2 is 1.17 bits per heavy atom. The summed E-state index contributed by atoms with van der Waals surface area (Å²) in [4.78, 5) is 0. The minimum Gasteiger partial charge on any atom is 0 e. The zero-order valence-corrected chi connectivity index (χ0v) is 8.47. The minimum absolute atomic E-state index is 0. The summed E-state index contributed by atoms with van der Waals surface area (Å²) in [6, 6.07) is 0. The Kier molecular flexibility index (Phi) is 476. The zero-order valence-electron chi connectivity index (χ0n) is 2.97. The second-order valence-corrected chi connectivity index (χ2v) is 0. The summed E-state index contributed by atoms with van der Waals surface area (Å²) >= 11 is 0. The Labute approximate surface area is 79.4 Å². The van der Waals surface area contributed by atoms with Crippen molar-refractivity contribution in [1.29, 1.82) is 0 Å². The SMILES string of the molecule is Br.CO.Cl.[LiH].[Zn]. The number of aliphatic hydroxyl groups is 1. The van der Waals surface area contributed by atoms with E-state index in [9.17, 15) is 0 Å². The summed E-state index contributed by atoms with van der Waals surface area (Å²) < 4.78 is 0. The molecule has 1 N–H and O–H groups in total. The third-order valence-corrected chi connectivity index (χ3v) is 0. The van der Waals surface area contributed by atoms with Crippen molar-refractivity contribution >= 4 is 48.2 Å². The van der Waals surface area contributed by atoms with Crippen molar-refractivity contribution in [3.63, 3.8) is 0 Å². The summed E-state index contributed by atoms with van der Waals surface area (Å²) in [5.74, 6) is 0. The van der Waals surface area contributed by atoms with Gasteiger partial charge in [-0.05, 0) is 0 Å². The van der Waals surface area contributed by atoms with Gasteiger partial charge in [-0.2, -0.15) is 0 Å². The molecular formula is CH7BrClLiOZn. The predicted molar refractivity (Wildman–Crippen MR) is 32.9 cm³/mol. The zero-order chi connectivity index (χ0) is 2.00. The van der Waals surface area contributed by atoms with Gasteiger partial charge < -0.3 is 5.11 Å². The van der Waals surface area contributed by atoms with Crippen LogP contribution in [0.3, 0.4) is 0 Å². The van der Waals surface area contributed by atoms with Gasteiger partial charge in [0.1, 0.15) is 0 Å². The van der Waals surface area contributed by atoms with Gasteiger partial charge in [0.2, 0.25) is 0 Å². The van der Waals surface area contributed by atoms with Crippen LogP contribution in [0, 0.1) is 0 Å². The molecule has 1 nitrogen and oxygen atoms in total. The van der Waals surface area contributed by atoms with Crippen molar-refractivity contribution in [2.45, 2.75) is 0 Å². The Balaban J connectivity index is -0.000000000833. The number of hydrogen-bond donors (Lipinski definition) is 1. The van der Waals surface area contributed by atoms with Crippen LogP contribution in [0.15, 0.2) is 0 Å². The first kappa shape index (κ1) is 44.1. The van der Waals surface area contributed by atoms with Gasteiger partial charge in [-0.15, -0.1) is 29.4 Å². The van der Waals surface area contributed by atoms with Gasteiger partial charge in [0.25, 0.3) is 0 Å². The summed E-state index contributed by atoms with van der Waals surface area (Å²) in [5, 5.41) is 7.00. The molecule has 0 aromatic carbocycles. The van der Waals surface area contributed by atoms with Gasteiger partial charge in [-0.1, -0.05) is 0 Å². The molecule has 0 unspecified atom stereocenters. The van der Waals surface area contributed by atoms with Crippen molar-refractivity contribution in [1.82, 2.24) is 0 Å². The summed E-state index contributed by atoms with van der Waals surface area (Å²) in [6.07, 6.45) is 0. The molecule has 0 fully saturated rings. The van der Waals surface area contributed by atoms with Crippen LogP contribution >= 0.6 is 29.4 Å². The molecule has 0 bridgehead atoms. The van der Waals surface area contributed by atoms with Crippen LogP contribution in [0.2, 0.25) is 0 Å². The monoisotopic (exact) mass is 220 g/mol. The summed E-state index contributed by atoms with van der Waals surface area (Å²) in [7, 11) is 1.00. The first-order valence-corrected chi connectivity index (χ1v) is 0.447. The van der Waals surface area contributed by atoms with Crippen molar-refractivity contribution < 1.29 is 24.6 Å². The van der Waals surface area contributed by atoms with E-state index in [1.807, 2.05) is 0 Å². The molecular weight excluding hydrogens is 216 g/mol. The van der Waals surface area contributed by atoms with Crippen LogP contribution in [0.4, 0.5) is 0 Å². The summed E-state index contributed by atoms with van der Waals surface area (Å²) in [6.45, 7) is 0. The quantitative estimate of drug-likeness (QED) is 0.571. The third kappa shape index (κ3) is 38.3. The maximum Gasteiger partial charge on any atom is 0 e. The Morgan fingerprint density at radius 1 is 1.17 bits per heavy atom. The van der Waals surface area contributed by atoms with E-state index in [0.717, 1.165) is 7.11 Å². The molecule has 0 amide bonds. The van der Waals surface area contributed by atoms with E-state index in [4.69, 9.17) is 5.11 Å². The van der Waals surface area contributed by atoms with Crippen LogP contribution in [0.1, 0.15) is 0 Å². The first-order valence-electron chi connectivity index (χ1n) is 0.447. The molecule has 0 spiro atoms. The maximum atomic E-state index is 7.00. The van der Waals surface area contributed by atoms with Crippen LogP contribution in [-0.2, 0) is 19.5 Å². The Morgan fingerprint density at radius 3 is 1.17 bits per heavy atom. The topological polar surface area (TPSA) is 20.2 Å². The van der Waals surface area contributed by atoms with E-state index in [1.165, 1.54) is 0 Å². The van der Waals surface area contributed by atoms with Gasteiger partial charge in [-0.25, -0.2) is 0 Å². The predicted octanol–water partition coefficient (Wildman–Crippen LogP) is -0.0428. The van der Waals surface area contributed by atoms with Gasteiger partial charge in [0.05, 0.1) is 0 Å². The van der Waals surface area contributed by atoms with Crippen LogP contribution in [-0.4, -0.2) is 31.1 Å². The number of rotatable bonds is 0. The second kappa shape index (κ2) is 64.7. The molecule has 0 aliphatic heterocycles. The number of aliphatic hydroxyl groups excluding tert-OH is 1. The molecule has 6 heavy (non-hydrogen) atoms. The molecule has 0 heterocycles. The fourth-order valence-corrected chi connectivity index (χ4v) is 0. The van der Waals surface area contributed by atoms with Crippen molar-refractivity contribution in [3.8, 4) is 0 Å². The van der Waals surface area contributed by atoms with Crippen LogP contribution in [0.5, 0.6) is 0 Å². The molecule has 0 aliphatic rings. The molecule has 34 valence electrons. The molecule has 0 radical (unpaired) electrons. The van der Waals surface area contributed by atoms with E-state index in [1.54, 1.807) is 0 Å². The molecule has 0 atom stereocenters. The van der Waals surface area contributed by atoms with E-state index < -0.39 is 0 Å². The standard InChI is InChI=1S/CH4O.BrH.ClH.Li.Zn.H/c1-2;;;;;/h2H,1H3;2*1H;;;. The average molecular weight is 223 g/mol. The van der Waals surface area contributed by atoms with E-state index in [-0.39, 0.29) is 67.7 Å². The maximum absolute atomic E-state index is 7.00. The molecule has 0 rings (SSSR count). The van der Waals surface area contributed by atoms with Gasteiger partial charge in [-0.3, -0.25) is 0 Å². The Hall–Kier alpha value is 1.95. The Bertz CT molecular complexity index is 15.5. The van der Waals surface area contributed by atoms with E-state index >= 15 is 0 Å². The fraction of sp³-hybridized carbons (Fsp3) is 1.00. The van der Waals surface area contributed by atoms with Crippen molar-refractivity contribution in [2.24, 2.45) is 0 Å². The second-order valence-electron chi connectivity index (χ2n) is 0. The minimum atomic E-state index is 0. The molecule has 0 aromatic heterocycles. The summed E-state index contributed by atoms with van der Waals surface area (Å²) in [5.41, 5.74) is 0. The fourth-order valence-electron chi connectivity index (χ4n) is 0. The van der Waals surface area contributed by atoms with Gasteiger partial charge >= 0.3 is 18.9 Å².